The number of para-hydroxylation sites is 1. The molecule has 0 saturated carbocycles. The highest BCUT2D eigenvalue weighted by atomic mass is 32.1. The molecule has 26 heavy (non-hydrogen) atoms. The summed E-state index contributed by atoms with van der Waals surface area (Å²) in [7, 11) is 0. The summed E-state index contributed by atoms with van der Waals surface area (Å²) in [5, 5.41) is 12.1. The highest BCUT2D eigenvalue weighted by Crippen LogP contribution is 2.31. The van der Waals surface area contributed by atoms with Crippen LogP contribution in [0.1, 0.15) is 23.8 Å². The molecule has 1 aliphatic heterocycles. The number of nitrogens with one attached hydrogen (secondary N) is 1. The molecule has 2 aromatic heterocycles. The second kappa shape index (κ2) is 6.97. The summed E-state index contributed by atoms with van der Waals surface area (Å²) in [5.41, 5.74) is 0.815. The van der Waals surface area contributed by atoms with Crippen LogP contribution in [0.4, 0.5) is 5.69 Å². The summed E-state index contributed by atoms with van der Waals surface area (Å²) >= 11 is 1.77. The zero-order valence-electron chi connectivity index (χ0n) is 14.1. The molecule has 0 aliphatic carbocycles. The van der Waals surface area contributed by atoms with Gasteiger partial charge >= 0.3 is 0 Å². The topological polar surface area (TPSA) is 82.5 Å². The summed E-state index contributed by atoms with van der Waals surface area (Å²) in [4.78, 5) is 28.5. The lowest BCUT2D eigenvalue weighted by molar-refractivity contribution is -0.928. The number of rotatable bonds is 4. The normalized spacial score (nSPS) is 20.3. The van der Waals surface area contributed by atoms with Crippen LogP contribution in [0.5, 0.6) is 0 Å². The monoisotopic (exact) mass is 371 g/mol. The number of fused-ring (bicyclic) bond motifs is 1. The zero-order valence-corrected chi connectivity index (χ0v) is 14.9. The van der Waals surface area contributed by atoms with Gasteiger partial charge in [0, 0.05) is 30.9 Å². The summed E-state index contributed by atoms with van der Waals surface area (Å²) in [5.74, 6) is 0.456. The minimum absolute atomic E-state index is 0.0478. The van der Waals surface area contributed by atoms with Gasteiger partial charge in [0.1, 0.15) is 0 Å². The molecule has 134 valence electrons. The average Bonchev–Trinajstić information content (AvgIpc) is 3.08. The second-order valence-corrected chi connectivity index (χ2v) is 7.72. The van der Waals surface area contributed by atoms with Crippen molar-refractivity contribution in [3.63, 3.8) is 0 Å². The van der Waals surface area contributed by atoms with E-state index in [4.69, 9.17) is 4.98 Å². The molecule has 4 rings (SSSR count). The minimum Gasteiger partial charge on any atom is -0.317 e. The van der Waals surface area contributed by atoms with Gasteiger partial charge in [-0.3, -0.25) is 19.5 Å². The molecule has 1 aliphatic rings. The molecule has 1 N–H and O–H groups in total. The fraction of sp³-hybridized carbons (Fsp3) is 0.333. The Bertz CT molecular complexity index is 972. The molecule has 1 saturated heterocycles. The fourth-order valence-electron chi connectivity index (χ4n) is 3.49. The van der Waals surface area contributed by atoms with Crippen molar-refractivity contribution in [2.24, 2.45) is 0 Å². The lowest BCUT2D eigenvalue weighted by atomic mass is 9.98. The van der Waals surface area contributed by atoms with Crippen LogP contribution >= 0.6 is 11.3 Å². The van der Waals surface area contributed by atoms with Crippen LogP contribution in [-0.4, -0.2) is 27.6 Å². The molecule has 1 aromatic carbocycles. The van der Waals surface area contributed by atoms with Gasteiger partial charge in [0.15, 0.2) is 6.67 Å². The number of pyridine rings is 1. The lowest BCUT2D eigenvalue weighted by Gasteiger charge is -2.28. The van der Waals surface area contributed by atoms with E-state index >= 15 is 0 Å². The van der Waals surface area contributed by atoms with Crippen molar-refractivity contribution in [2.45, 2.75) is 25.4 Å². The molecule has 0 bridgehead atoms. The van der Waals surface area contributed by atoms with Crippen LogP contribution in [0.3, 0.4) is 0 Å². The summed E-state index contributed by atoms with van der Waals surface area (Å²) in [6.07, 6.45) is 3.37. The van der Waals surface area contributed by atoms with Crippen molar-refractivity contribution in [3.8, 4) is 0 Å². The molecule has 0 atom stereocenters. The van der Waals surface area contributed by atoms with Crippen molar-refractivity contribution in [1.82, 2.24) is 9.55 Å². The first-order chi connectivity index (χ1) is 12.6. The number of benzene rings is 1. The van der Waals surface area contributed by atoms with Gasteiger partial charge in [-0.1, -0.05) is 12.1 Å². The predicted octanol–water partition coefficient (Wildman–Crippen LogP) is 1.79. The van der Waals surface area contributed by atoms with Gasteiger partial charge in [-0.25, -0.2) is 4.98 Å². The standard InChI is InChI=1S/C18H18N4O3S/c23-17-6-5-14(22(24)25)11-21(17)12-20-9-7-13(8-10-20)18-19-15-3-1-2-4-16(15)26-18/h1-6,11,13H,7-10,12H2/p+1. The van der Waals surface area contributed by atoms with Crippen molar-refractivity contribution in [2.75, 3.05) is 13.1 Å². The molecule has 0 radical (unpaired) electrons. The van der Waals surface area contributed by atoms with Gasteiger partial charge in [-0.2, -0.15) is 0 Å². The molecule has 0 spiro atoms. The summed E-state index contributed by atoms with van der Waals surface area (Å²) in [6, 6.07) is 10.7. The quantitative estimate of drug-likeness (QED) is 0.560. The van der Waals surface area contributed by atoms with E-state index in [1.807, 2.05) is 18.2 Å². The van der Waals surface area contributed by atoms with Gasteiger partial charge in [0.25, 0.3) is 11.2 Å². The molecule has 0 unspecified atom stereocenters. The van der Waals surface area contributed by atoms with E-state index in [0.29, 0.717) is 12.6 Å². The molecule has 0 amide bonds. The Kier molecular flexibility index (Phi) is 4.52. The maximum atomic E-state index is 12.0. The smallest absolute Gasteiger partial charge is 0.285 e. The Morgan fingerprint density at radius 1 is 1.23 bits per heavy atom. The van der Waals surface area contributed by atoms with Crippen molar-refractivity contribution >= 4 is 27.2 Å². The number of piperidine rings is 1. The average molecular weight is 371 g/mol. The number of aromatic nitrogens is 2. The fourth-order valence-corrected chi connectivity index (χ4v) is 4.62. The zero-order chi connectivity index (χ0) is 18.1. The molecule has 3 aromatic rings. The van der Waals surface area contributed by atoms with Crippen LogP contribution in [-0.2, 0) is 6.67 Å². The highest BCUT2D eigenvalue weighted by Gasteiger charge is 2.26. The summed E-state index contributed by atoms with van der Waals surface area (Å²) in [6.45, 7) is 2.32. The maximum absolute atomic E-state index is 12.0. The molecular weight excluding hydrogens is 352 g/mol. The predicted molar refractivity (Wildman–Crippen MR) is 99.6 cm³/mol. The number of hydrogen-bond acceptors (Lipinski definition) is 5. The van der Waals surface area contributed by atoms with Crippen LogP contribution in [0.2, 0.25) is 0 Å². The summed E-state index contributed by atoms with van der Waals surface area (Å²) < 4.78 is 2.67. The lowest BCUT2D eigenvalue weighted by Crippen LogP contribution is -3.12. The van der Waals surface area contributed by atoms with E-state index in [-0.39, 0.29) is 11.2 Å². The van der Waals surface area contributed by atoms with Crippen LogP contribution in [0.15, 0.2) is 47.4 Å². The van der Waals surface area contributed by atoms with Crippen molar-refractivity contribution in [3.05, 3.63) is 68.1 Å². The Morgan fingerprint density at radius 3 is 2.73 bits per heavy atom. The number of thiazole rings is 1. The third kappa shape index (κ3) is 3.38. The Labute approximate surface area is 153 Å². The van der Waals surface area contributed by atoms with Crippen molar-refractivity contribution in [1.29, 1.82) is 0 Å². The first kappa shape index (κ1) is 16.9. The van der Waals surface area contributed by atoms with Gasteiger partial charge in [-0.15, -0.1) is 11.3 Å². The van der Waals surface area contributed by atoms with Crippen LogP contribution < -0.4 is 10.5 Å². The van der Waals surface area contributed by atoms with E-state index in [1.54, 1.807) is 11.3 Å². The third-order valence-electron chi connectivity index (χ3n) is 4.92. The Morgan fingerprint density at radius 2 is 2.00 bits per heavy atom. The SMILES string of the molecule is O=c1ccc([N+](=O)[O-])cn1C[NH+]1CCC(c2nc3ccccc3s2)CC1. The van der Waals surface area contributed by atoms with E-state index in [2.05, 4.69) is 6.07 Å². The molecule has 3 heterocycles. The number of nitrogens with zero attached hydrogens (tertiary/aromatic N) is 3. The van der Waals surface area contributed by atoms with Gasteiger partial charge in [-0.05, 0) is 12.1 Å². The van der Waals surface area contributed by atoms with Gasteiger partial charge in [0.05, 0.1) is 39.4 Å². The molecule has 1 fully saturated rings. The molecule has 8 heteroatoms. The Hall–Kier alpha value is -2.58. The minimum atomic E-state index is -0.468. The maximum Gasteiger partial charge on any atom is 0.285 e. The third-order valence-corrected chi connectivity index (χ3v) is 6.12. The van der Waals surface area contributed by atoms with E-state index in [9.17, 15) is 14.9 Å². The van der Waals surface area contributed by atoms with Crippen LogP contribution in [0, 0.1) is 10.1 Å². The number of likely N-dealkylation sites (tertiary alicyclic amines) is 1. The van der Waals surface area contributed by atoms with E-state index in [0.717, 1.165) is 31.4 Å². The van der Waals surface area contributed by atoms with Gasteiger partial charge < -0.3 is 4.90 Å². The largest absolute Gasteiger partial charge is 0.317 e. The first-order valence-electron chi connectivity index (χ1n) is 8.64. The number of hydrogen-bond donors (Lipinski definition) is 1. The van der Waals surface area contributed by atoms with Crippen molar-refractivity contribution < 1.29 is 9.82 Å². The number of quaternary nitrogens is 1. The first-order valence-corrected chi connectivity index (χ1v) is 9.46. The second-order valence-electron chi connectivity index (χ2n) is 6.65. The highest BCUT2D eigenvalue weighted by molar-refractivity contribution is 7.18. The number of nitro groups is 1. The van der Waals surface area contributed by atoms with E-state index in [1.165, 1.54) is 37.5 Å². The van der Waals surface area contributed by atoms with E-state index < -0.39 is 4.92 Å². The molecular formula is C18H19N4O3S+. The Balaban J connectivity index is 1.43. The van der Waals surface area contributed by atoms with Gasteiger partial charge in [0.2, 0.25) is 0 Å². The molecule has 7 nitrogen and oxygen atoms in total. The van der Waals surface area contributed by atoms with Crippen LogP contribution in [0.25, 0.3) is 10.2 Å².